The lowest BCUT2D eigenvalue weighted by Crippen LogP contribution is -2.11. The summed E-state index contributed by atoms with van der Waals surface area (Å²) in [6.45, 7) is 0. The SMILES string of the molecule is c1cc(-c2cc3ccccc3c3ccccc23)cc(N(c2cc3ccccc3c3ccccc23)c2cccc3c2sc2ccccc23)c1. The number of anilines is 3. The Bertz CT molecular complexity index is 2860. The van der Waals surface area contributed by atoms with Gasteiger partial charge >= 0.3 is 0 Å². The Balaban J connectivity index is 1.29. The Hall–Kier alpha value is -5.96. The van der Waals surface area contributed by atoms with Crippen molar-refractivity contribution in [3.05, 3.63) is 176 Å². The lowest BCUT2D eigenvalue weighted by molar-refractivity contribution is 1.32. The van der Waals surface area contributed by atoms with Gasteiger partial charge in [0, 0.05) is 26.5 Å². The molecule has 0 unspecified atom stereocenters. The van der Waals surface area contributed by atoms with Crippen LogP contribution in [0.3, 0.4) is 0 Å². The van der Waals surface area contributed by atoms with E-state index < -0.39 is 0 Å². The minimum atomic E-state index is 1.13. The summed E-state index contributed by atoms with van der Waals surface area (Å²) in [6, 6.07) is 64.6. The summed E-state index contributed by atoms with van der Waals surface area (Å²) >= 11 is 1.88. The maximum absolute atomic E-state index is 2.50. The third-order valence-corrected chi connectivity index (χ3v) is 11.0. The number of thiophene rings is 1. The highest BCUT2D eigenvalue weighted by atomic mass is 32.1. The van der Waals surface area contributed by atoms with E-state index in [-0.39, 0.29) is 0 Å². The molecule has 48 heavy (non-hydrogen) atoms. The molecule has 1 nitrogen and oxygen atoms in total. The normalized spacial score (nSPS) is 11.8. The van der Waals surface area contributed by atoms with Crippen LogP contribution in [0.15, 0.2) is 176 Å². The Morgan fingerprint density at radius 3 is 1.69 bits per heavy atom. The van der Waals surface area contributed by atoms with E-state index >= 15 is 0 Å². The van der Waals surface area contributed by atoms with E-state index in [2.05, 4.69) is 181 Å². The fraction of sp³-hybridized carbons (Fsp3) is 0. The van der Waals surface area contributed by atoms with Crippen molar-refractivity contribution in [3.8, 4) is 11.1 Å². The molecule has 1 heterocycles. The average molecular weight is 628 g/mol. The van der Waals surface area contributed by atoms with Crippen LogP contribution in [0.1, 0.15) is 0 Å². The van der Waals surface area contributed by atoms with E-state index in [4.69, 9.17) is 0 Å². The molecule has 0 N–H and O–H groups in total. The molecule has 0 fully saturated rings. The van der Waals surface area contributed by atoms with Crippen molar-refractivity contribution in [2.75, 3.05) is 4.90 Å². The van der Waals surface area contributed by atoms with Gasteiger partial charge in [0.25, 0.3) is 0 Å². The zero-order valence-corrected chi connectivity index (χ0v) is 26.9. The fourth-order valence-electron chi connectivity index (χ4n) is 7.64. The highest BCUT2D eigenvalue weighted by molar-refractivity contribution is 7.26. The highest BCUT2D eigenvalue weighted by Gasteiger charge is 2.21. The van der Waals surface area contributed by atoms with Crippen molar-refractivity contribution in [3.63, 3.8) is 0 Å². The molecule has 2 heteroatoms. The zero-order valence-electron chi connectivity index (χ0n) is 26.1. The summed E-state index contributed by atoms with van der Waals surface area (Å²) in [7, 11) is 0. The standard InChI is InChI=1S/C46H29NS/c1-3-17-34-31(13-1)28-42(38-21-6-5-19-36(34)38)30-15-11-16-33(27-30)47(43-25-12-24-41-40-23-9-10-26-45(40)48-46(41)43)44-29-32-14-2-4-18-35(32)37-20-7-8-22-39(37)44/h1-29H. The van der Waals surface area contributed by atoms with Gasteiger partial charge in [-0.15, -0.1) is 11.3 Å². The predicted octanol–water partition coefficient (Wildman–Crippen LogP) is 13.8. The Morgan fingerprint density at radius 1 is 0.354 bits per heavy atom. The number of rotatable bonds is 4. The number of benzene rings is 9. The monoisotopic (exact) mass is 627 g/mol. The average Bonchev–Trinajstić information content (AvgIpc) is 3.54. The second-order valence-corrected chi connectivity index (χ2v) is 13.5. The van der Waals surface area contributed by atoms with Gasteiger partial charge in [-0.25, -0.2) is 0 Å². The molecule has 0 saturated heterocycles. The van der Waals surface area contributed by atoms with Crippen LogP contribution in [0.5, 0.6) is 0 Å². The first kappa shape index (κ1) is 27.2. The third-order valence-electron chi connectivity index (χ3n) is 9.79. The van der Waals surface area contributed by atoms with E-state index in [1.165, 1.54) is 85.8 Å². The van der Waals surface area contributed by atoms with E-state index in [0.29, 0.717) is 0 Å². The number of nitrogens with zero attached hydrogens (tertiary/aromatic N) is 1. The van der Waals surface area contributed by atoms with Gasteiger partial charge in [0.05, 0.1) is 16.1 Å². The zero-order chi connectivity index (χ0) is 31.6. The second kappa shape index (κ2) is 10.8. The molecule has 0 atom stereocenters. The van der Waals surface area contributed by atoms with Gasteiger partial charge in [0.15, 0.2) is 0 Å². The summed E-state index contributed by atoms with van der Waals surface area (Å²) in [4.78, 5) is 2.50. The smallest absolute Gasteiger partial charge is 0.0640 e. The van der Waals surface area contributed by atoms with Gasteiger partial charge < -0.3 is 4.90 Å². The highest BCUT2D eigenvalue weighted by Crippen LogP contribution is 2.48. The molecule has 0 aliphatic carbocycles. The topological polar surface area (TPSA) is 3.24 Å². The van der Waals surface area contributed by atoms with Gasteiger partial charge in [-0.3, -0.25) is 0 Å². The van der Waals surface area contributed by atoms with Crippen LogP contribution < -0.4 is 4.90 Å². The first-order valence-corrected chi connectivity index (χ1v) is 17.3. The molecule has 0 bridgehead atoms. The van der Waals surface area contributed by atoms with Crippen LogP contribution in [0.25, 0.3) is 74.4 Å². The number of hydrogen-bond acceptors (Lipinski definition) is 2. The van der Waals surface area contributed by atoms with E-state index in [1.807, 2.05) is 11.3 Å². The van der Waals surface area contributed by atoms with Crippen LogP contribution in [0.2, 0.25) is 0 Å². The Morgan fingerprint density at radius 2 is 0.917 bits per heavy atom. The molecule has 10 aromatic rings. The largest absolute Gasteiger partial charge is 0.308 e. The summed E-state index contributed by atoms with van der Waals surface area (Å²) < 4.78 is 2.59. The first-order valence-electron chi connectivity index (χ1n) is 16.4. The number of fused-ring (bicyclic) bond motifs is 9. The fourth-order valence-corrected chi connectivity index (χ4v) is 8.85. The summed E-state index contributed by atoms with van der Waals surface area (Å²) in [6.07, 6.45) is 0. The number of hydrogen-bond donors (Lipinski definition) is 0. The minimum absolute atomic E-state index is 1.13. The molecule has 0 aliphatic heterocycles. The van der Waals surface area contributed by atoms with E-state index in [1.54, 1.807) is 0 Å². The van der Waals surface area contributed by atoms with Crippen molar-refractivity contribution < 1.29 is 0 Å². The molecule has 0 radical (unpaired) electrons. The lowest BCUT2D eigenvalue weighted by atomic mass is 9.93. The predicted molar refractivity (Wildman–Crippen MR) is 209 cm³/mol. The second-order valence-electron chi connectivity index (χ2n) is 12.5. The summed E-state index contributed by atoms with van der Waals surface area (Å²) in [5.41, 5.74) is 5.95. The molecule has 224 valence electrons. The Labute approximate surface area is 282 Å². The van der Waals surface area contributed by atoms with E-state index in [0.717, 1.165) is 5.69 Å². The molecule has 0 saturated carbocycles. The van der Waals surface area contributed by atoms with Crippen molar-refractivity contribution >= 4 is 91.7 Å². The minimum Gasteiger partial charge on any atom is -0.308 e. The quantitative estimate of drug-likeness (QED) is 0.176. The molecule has 0 spiro atoms. The van der Waals surface area contributed by atoms with Gasteiger partial charge in [-0.1, -0.05) is 140 Å². The van der Waals surface area contributed by atoms with Gasteiger partial charge in [0.2, 0.25) is 0 Å². The molecule has 0 aliphatic rings. The maximum atomic E-state index is 2.50. The molecule has 10 rings (SSSR count). The van der Waals surface area contributed by atoms with Gasteiger partial charge in [-0.2, -0.15) is 0 Å². The van der Waals surface area contributed by atoms with Gasteiger partial charge in [-0.05, 0) is 85.2 Å². The molecular formula is C46H29NS. The van der Waals surface area contributed by atoms with Crippen molar-refractivity contribution in [1.82, 2.24) is 0 Å². The molecule has 1 aromatic heterocycles. The molecular weight excluding hydrogens is 599 g/mol. The van der Waals surface area contributed by atoms with Crippen LogP contribution in [-0.4, -0.2) is 0 Å². The van der Waals surface area contributed by atoms with Crippen molar-refractivity contribution in [1.29, 1.82) is 0 Å². The Kier molecular flexibility index (Phi) is 6.12. The summed E-state index contributed by atoms with van der Waals surface area (Å²) in [5.74, 6) is 0. The van der Waals surface area contributed by atoms with E-state index in [9.17, 15) is 0 Å². The first-order chi connectivity index (χ1) is 23.8. The van der Waals surface area contributed by atoms with Crippen LogP contribution in [0.4, 0.5) is 17.1 Å². The van der Waals surface area contributed by atoms with Crippen LogP contribution in [-0.2, 0) is 0 Å². The van der Waals surface area contributed by atoms with Crippen molar-refractivity contribution in [2.24, 2.45) is 0 Å². The maximum Gasteiger partial charge on any atom is 0.0640 e. The van der Waals surface area contributed by atoms with Gasteiger partial charge in [0.1, 0.15) is 0 Å². The molecule has 0 amide bonds. The summed E-state index contributed by atoms with van der Waals surface area (Å²) in [5, 5.41) is 12.7. The van der Waals surface area contributed by atoms with Crippen LogP contribution in [0, 0.1) is 0 Å². The third kappa shape index (κ3) is 4.17. The lowest BCUT2D eigenvalue weighted by Gasteiger charge is -2.28. The molecule has 9 aromatic carbocycles. The van der Waals surface area contributed by atoms with Crippen LogP contribution >= 0.6 is 11.3 Å². The van der Waals surface area contributed by atoms with Crippen molar-refractivity contribution in [2.45, 2.75) is 0 Å².